The number of para-hydroxylation sites is 4. The van der Waals surface area contributed by atoms with Crippen LogP contribution in [-0.4, -0.2) is 82.5 Å². The van der Waals surface area contributed by atoms with Crippen LogP contribution in [0.4, 0.5) is 0 Å². The Morgan fingerprint density at radius 3 is 1.24 bits per heavy atom. The average Bonchev–Trinajstić information content (AvgIpc) is 1.57. The predicted octanol–water partition coefficient (Wildman–Crippen LogP) is 21.5. The lowest BCUT2D eigenvalue weighted by atomic mass is 10.0. The van der Waals surface area contributed by atoms with Crippen LogP contribution in [0.15, 0.2) is 72.8 Å². The zero-order valence-corrected chi connectivity index (χ0v) is 57.3. The highest BCUT2D eigenvalue weighted by Gasteiger charge is 2.37. The van der Waals surface area contributed by atoms with Crippen LogP contribution >= 0.6 is 128 Å². The fourth-order valence-corrected chi connectivity index (χ4v) is 14.2. The van der Waals surface area contributed by atoms with Gasteiger partial charge in [0.05, 0.1) is 121 Å². The lowest BCUT2D eigenvalue weighted by molar-refractivity contribution is 0.278. The van der Waals surface area contributed by atoms with Crippen LogP contribution < -0.4 is 52.1 Å². The number of hydrogen-bond donors (Lipinski definition) is 2. The van der Waals surface area contributed by atoms with Gasteiger partial charge in [-0.2, -0.15) is 0 Å². The minimum absolute atomic E-state index is 0.0202. The summed E-state index contributed by atoms with van der Waals surface area (Å²) in [6.45, 7) is 1.55. The van der Waals surface area contributed by atoms with E-state index in [-0.39, 0.29) is 238 Å². The van der Waals surface area contributed by atoms with E-state index in [0.29, 0.717) is 11.1 Å². The molecule has 94 heavy (non-hydrogen) atoms. The van der Waals surface area contributed by atoms with Crippen molar-refractivity contribution in [3.8, 4) is 132 Å². The monoisotopic (exact) mass is 1480 g/mol. The molecule has 0 saturated carbocycles. The molecule has 0 atom stereocenters. The average molecular weight is 1480 g/mol. The zero-order valence-electron chi connectivity index (χ0n) is 49.0. The molecule has 0 aliphatic carbocycles. The Kier molecular flexibility index (Phi) is 16.7. The number of aromatic amines is 2. The third-order valence-electron chi connectivity index (χ3n) is 15.4. The Labute approximate surface area is 586 Å². The first-order valence-corrected chi connectivity index (χ1v) is 31.5. The van der Waals surface area contributed by atoms with Gasteiger partial charge in [-0.3, -0.25) is 0 Å². The fraction of sp³-hybridized carbons (Fsp3) is 0.125. The second-order valence-corrected chi connectivity index (χ2v) is 24.6. The van der Waals surface area contributed by atoms with Crippen LogP contribution in [0.2, 0.25) is 55.2 Å². The van der Waals surface area contributed by atoms with Gasteiger partial charge in [0, 0.05) is 11.1 Å². The van der Waals surface area contributed by atoms with E-state index >= 15 is 0 Å². The van der Waals surface area contributed by atoms with Crippen molar-refractivity contribution in [1.29, 1.82) is 0 Å². The molecule has 19 nitrogen and oxygen atoms in total. The molecule has 0 fully saturated rings. The summed E-state index contributed by atoms with van der Waals surface area (Å²) < 4.78 is 67.8. The van der Waals surface area contributed by atoms with Crippen LogP contribution in [0.25, 0.3) is 89.7 Å². The van der Waals surface area contributed by atoms with E-state index in [1.54, 1.807) is 79.7 Å². The molecular formula is C64H37Cl11N8O11. The lowest BCUT2D eigenvalue weighted by Crippen LogP contribution is -2.03. The first kappa shape index (κ1) is 63.5. The van der Waals surface area contributed by atoms with Crippen molar-refractivity contribution >= 4 is 172 Å². The molecule has 14 rings (SSSR count). The summed E-state index contributed by atoms with van der Waals surface area (Å²) in [5, 5.41) is -1.13. The maximum atomic E-state index is 7.71. The van der Waals surface area contributed by atoms with Gasteiger partial charge < -0.3 is 62.1 Å². The number of hydrogen-bond acceptors (Lipinski definition) is 17. The fourth-order valence-electron chi connectivity index (χ4n) is 11.1. The van der Waals surface area contributed by atoms with Crippen molar-refractivity contribution in [2.75, 3.05) is 42.7 Å². The van der Waals surface area contributed by atoms with Crippen LogP contribution in [0.1, 0.15) is 11.1 Å². The van der Waals surface area contributed by atoms with E-state index in [1.807, 2.05) is 0 Å². The molecule has 12 bridgehead atoms. The summed E-state index contributed by atoms with van der Waals surface area (Å²) in [7, 11) is 8.73. The first-order chi connectivity index (χ1) is 45.3. The standard InChI is InChI=1S/C64H37Cl11N8O11/c1-21-30-31-42(69)53(38(21)65)94-52-28(89-7)18-11-19-29(52)90-20-22-12-8-13-23(84-2)49(22)91-54-43(70)35-32(39(66)46(54)73)59-79-60-34-37(45(72)56(48(75)41(34)68)93-51-26(87-5)16-10-17-27(51)88-6)64(82-60)83-61-33-36(62(80-61)77-57(30)76-58(31)78-63(35)81-59)44(71)55(47(74)40(33)67)92-50-24(85-3)14-9-15-25(50)86-4/h8-19H,20H2,1-7H3,(H2,76,77,78,79,80,81,82,83). The van der Waals surface area contributed by atoms with E-state index in [9.17, 15) is 0 Å². The first-order valence-electron chi connectivity index (χ1n) is 27.4. The van der Waals surface area contributed by atoms with Crippen molar-refractivity contribution in [2.24, 2.45) is 0 Å². The summed E-state index contributed by atoms with van der Waals surface area (Å²) in [5.74, 6) is 1.15. The molecule has 2 N–H and O–H groups in total. The highest BCUT2D eigenvalue weighted by atomic mass is 35.5. The maximum absolute atomic E-state index is 7.71. The SMILES string of the molecule is COc1cccc2c1Oc1c(Cl)c(Cl)c3c4nc5nc(nc6[nH]c(nc7nc(nc([nH]4)c3c1Cl)-c1c(Cl)c(c(Cl)c(C)c1-7)Oc1c(OC)cccc1OC2)c1c(Cl)c(Oc2c(OC)cccc2OC)c(Cl)c(Cl)c61)-c1c(Cl)c(Oc2c(OC)cccc2OC)c(Cl)c(Cl)c1-5. The highest BCUT2D eigenvalue weighted by molar-refractivity contribution is 6.53. The van der Waals surface area contributed by atoms with E-state index < -0.39 is 0 Å². The molecule has 8 aromatic carbocycles. The Morgan fingerprint density at radius 2 is 0.723 bits per heavy atom. The summed E-state index contributed by atoms with van der Waals surface area (Å²) in [5.41, 5.74) is 1.11. The Balaban J connectivity index is 1.17. The molecule has 0 saturated heterocycles. The number of aromatic nitrogens is 8. The predicted molar refractivity (Wildman–Crippen MR) is 366 cm³/mol. The van der Waals surface area contributed by atoms with Gasteiger partial charge in [-0.1, -0.05) is 158 Å². The molecule has 0 spiro atoms. The van der Waals surface area contributed by atoms with Gasteiger partial charge in [0.2, 0.25) is 17.2 Å². The number of H-pyrrole nitrogens is 2. The van der Waals surface area contributed by atoms with E-state index in [0.717, 1.165) is 0 Å². The van der Waals surface area contributed by atoms with Gasteiger partial charge in [0.15, 0.2) is 92.3 Å². The van der Waals surface area contributed by atoms with Crippen molar-refractivity contribution in [1.82, 2.24) is 39.9 Å². The van der Waals surface area contributed by atoms with Crippen molar-refractivity contribution in [3.05, 3.63) is 139 Å². The minimum atomic E-state index is -0.193. The summed E-state index contributed by atoms with van der Waals surface area (Å²) in [6.07, 6.45) is 0. The molecule has 0 unspecified atom stereocenters. The van der Waals surface area contributed by atoms with Gasteiger partial charge in [-0.05, 0) is 55.0 Å². The molecule has 476 valence electrons. The molecule has 3 aliphatic heterocycles. The van der Waals surface area contributed by atoms with E-state index in [1.165, 1.54) is 42.7 Å². The number of nitrogens with one attached hydrogen (secondary N) is 2. The number of halogens is 11. The van der Waals surface area contributed by atoms with Gasteiger partial charge >= 0.3 is 0 Å². The largest absolute Gasteiger partial charge is 0.493 e. The lowest BCUT2D eigenvalue weighted by Gasteiger charge is -2.20. The number of ether oxygens (including phenoxy) is 11. The van der Waals surface area contributed by atoms with Crippen LogP contribution in [0.5, 0.6) is 86.2 Å². The van der Waals surface area contributed by atoms with Crippen molar-refractivity contribution in [3.63, 3.8) is 0 Å². The maximum Gasteiger partial charge on any atom is 0.211 e. The summed E-state index contributed by atoms with van der Waals surface area (Å²) >= 11 is 82.5. The Morgan fingerprint density at radius 1 is 0.340 bits per heavy atom. The summed E-state index contributed by atoms with van der Waals surface area (Å²) in [4.78, 5) is 37.6. The molecule has 3 aliphatic rings. The molecule has 6 heterocycles. The Bertz CT molecular complexity index is 5280. The molecule has 11 aromatic rings. The smallest absolute Gasteiger partial charge is 0.211 e. The van der Waals surface area contributed by atoms with E-state index in [4.69, 9.17) is 210 Å². The van der Waals surface area contributed by atoms with Gasteiger partial charge in [0.25, 0.3) is 0 Å². The normalized spacial score (nSPS) is 12.1. The van der Waals surface area contributed by atoms with Crippen molar-refractivity contribution < 1.29 is 52.1 Å². The van der Waals surface area contributed by atoms with Gasteiger partial charge in [-0.25, -0.2) is 29.9 Å². The molecule has 0 radical (unpaired) electrons. The van der Waals surface area contributed by atoms with Crippen molar-refractivity contribution in [2.45, 2.75) is 13.5 Å². The second-order valence-electron chi connectivity index (χ2n) is 20.4. The number of fused-ring (bicyclic) bond motifs is 18. The number of rotatable bonds is 10. The number of nitrogens with zero attached hydrogens (tertiary/aromatic N) is 6. The molecule has 3 aromatic heterocycles. The molecular weight excluding hydrogens is 1450 g/mol. The van der Waals surface area contributed by atoms with Gasteiger partial charge in [0.1, 0.15) is 44.3 Å². The highest BCUT2D eigenvalue weighted by Crippen LogP contribution is 2.59. The molecule has 0 amide bonds. The zero-order chi connectivity index (χ0) is 66.0. The Hall–Kier alpha value is -7.89. The number of methoxy groups -OCH3 is 6. The van der Waals surface area contributed by atoms with Gasteiger partial charge in [-0.15, -0.1) is 0 Å². The van der Waals surface area contributed by atoms with E-state index in [2.05, 4.69) is 9.97 Å². The minimum Gasteiger partial charge on any atom is -0.493 e. The third-order valence-corrected chi connectivity index (χ3v) is 19.8. The van der Waals surface area contributed by atoms with Crippen LogP contribution in [0, 0.1) is 6.92 Å². The number of benzene rings is 8. The van der Waals surface area contributed by atoms with Crippen LogP contribution in [-0.2, 0) is 6.61 Å². The quantitative estimate of drug-likeness (QED) is 0.122. The second kappa shape index (κ2) is 24.7. The third kappa shape index (κ3) is 9.99. The van der Waals surface area contributed by atoms with Crippen LogP contribution in [0.3, 0.4) is 0 Å². The topological polar surface area (TPSA) is 210 Å². The molecule has 30 heteroatoms. The summed E-state index contributed by atoms with van der Waals surface area (Å²) in [6, 6.07) is 20.2.